The fourth-order valence-corrected chi connectivity index (χ4v) is 1.86. The third-order valence-electron chi connectivity index (χ3n) is 1.94. The van der Waals surface area contributed by atoms with E-state index in [4.69, 9.17) is 4.74 Å². The average molecular weight is 286 g/mol. The molecule has 0 aromatic carbocycles. The van der Waals surface area contributed by atoms with Gasteiger partial charge >= 0.3 is 17.0 Å². The molecule has 0 amide bonds. The molecule has 0 aliphatic rings. The molecule has 19 heavy (non-hydrogen) atoms. The summed E-state index contributed by atoms with van der Waals surface area (Å²) in [5.41, 5.74) is 2.58. The number of ether oxygens (including phenoxy) is 1. The van der Waals surface area contributed by atoms with Gasteiger partial charge in [0.2, 0.25) is 0 Å². The van der Waals surface area contributed by atoms with Gasteiger partial charge in [0, 0.05) is 23.5 Å². The Morgan fingerprint density at radius 2 is 2.16 bits per heavy atom. The Hall–Kier alpha value is -2.29. The summed E-state index contributed by atoms with van der Waals surface area (Å²) in [6.07, 6.45) is 1.92. The summed E-state index contributed by atoms with van der Waals surface area (Å²) in [5, 5.41) is 8.54. The molecule has 8 nitrogen and oxygen atoms in total. The van der Waals surface area contributed by atoms with Crippen molar-refractivity contribution in [3.8, 4) is 0 Å². The van der Waals surface area contributed by atoms with Crippen molar-refractivity contribution in [2.75, 3.05) is 6.61 Å². The standard InChI is InChI=1S/C10H10N2O6S/c1-7-8(19-6-11-7)4-5-17-9(13)2-3-10(14)18-12(15)16/h2-3,6H,4-5H2,1H3/b3-2-. The van der Waals surface area contributed by atoms with Gasteiger partial charge in [-0.05, 0) is 6.92 Å². The molecule has 0 spiro atoms. The molecule has 0 radical (unpaired) electrons. The number of esters is 1. The highest BCUT2D eigenvalue weighted by Gasteiger charge is 2.05. The lowest BCUT2D eigenvalue weighted by Crippen LogP contribution is -2.09. The first-order valence-corrected chi connectivity index (χ1v) is 5.97. The van der Waals surface area contributed by atoms with Crippen LogP contribution in [0.4, 0.5) is 0 Å². The third-order valence-corrected chi connectivity index (χ3v) is 2.93. The van der Waals surface area contributed by atoms with Gasteiger partial charge in [-0.25, -0.2) is 14.6 Å². The average Bonchev–Trinajstić information content (AvgIpc) is 2.72. The minimum atomic E-state index is -1.26. The van der Waals surface area contributed by atoms with Gasteiger partial charge in [-0.15, -0.1) is 21.5 Å². The van der Waals surface area contributed by atoms with E-state index in [1.165, 1.54) is 11.3 Å². The predicted octanol–water partition coefficient (Wildman–Crippen LogP) is 0.828. The van der Waals surface area contributed by atoms with Crippen LogP contribution in [0, 0.1) is 17.0 Å². The number of thiazole rings is 1. The van der Waals surface area contributed by atoms with Gasteiger partial charge in [-0.2, -0.15) is 0 Å². The normalized spacial score (nSPS) is 10.4. The van der Waals surface area contributed by atoms with Gasteiger partial charge < -0.3 is 4.74 Å². The number of carbonyl (C=O) groups excluding carboxylic acids is 2. The van der Waals surface area contributed by atoms with E-state index in [0.717, 1.165) is 16.6 Å². The topological polar surface area (TPSA) is 109 Å². The summed E-state index contributed by atoms with van der Waals surface area (Å²) < 4.78 is 4.80. The van der Waals surface area contributed by atoms with Crippen molar-refractivity contribution in [3.63, 3.8) is 0 Å². The quantitative estimate of drug-likeness (QED) is 0.329. The molecule has 0 atom stereocenters. The summed E-state index contributed by atoms with van der Waals surface area (Å²) in [4.78, 5) is 40.2. The number of aryl methyl sites for hydroxylation is 1. The summed E-state index contributed by atoms with van der Waals surface area (Å²) in [6, 6.07) is 0. The lowest BCUT2D eigenvalue weighted by molar-refractivity contribution is -0.728. The number of nitrogens with zero attached hydrogens (tertiary/aromatic N) is 2. The molecule has 0 N–H and O–H groups in total. The van der Waals surface area contributed by atoms with Crippen molar-refractivity contribution in [2.45, 2.75) is 13.3 Å². The molecule has 1 heterocycles. The number of carbonyl (C=O) groups is 2. The van der Waals surface area contributed by atoms with Crippen molar-refractivity contribution >= 4 is 23.3 Å². The van der Waals surface area contributed by atoms with Gasteiger partial charge in [0.25, 0.3) is 0 Å². The van der Waals surface area contributed by atoms with Gasteiger partial charge in [0.1, 0.15) is 0 Å². The van der Waals surface area contributed by atoms with Crippen molar-refractivity contribution in [2.24, 2.45) is 0 Å². The lowest BCUT2D eigenvalue weighted by atomic mass is 10.3. The predicted molar refractivity (Wildman–Crippen MR) is 63.7 cm³/mol. The molecule has 0 saturated carbocycles. The maximum atomic E-state index is 11.1. The second kappa shape index (κ2) is 7.21. The first-order chi connectivity index (χ1) is 8.99. The van der Waals surface area contributed by atoms with E-state index in [9.17, 15) is 19.7 Å². The Balaban J connectivity index is 2.28. The SMILES string of the molecule is Cc1ncsc1CCOC(=O)/C=C\C(=O)O[N+](=O)[O-]. The molecule has 0 unspecified atom stereocenters. The third kappa shape index (κ3) is 5.73. The second-order valence-electron chi connectivity index (χ2n) is 3.25. The Bertz CT molecular complexity index is 510. The number of aromatic nitrogens is 1. The van der Waals surface area contributed by atoms with Gasteiger partial charge in [-0.1, -0.05) is 0 Å². The molecule has 0 fully saturated rings. The fraction of sp³-hybridized carbons (Fsp3) is 0.300. The van der Waals surface area contributed by atoms with Crippen LogP contribution >= 0.6 is 11.3 Å². The summed E-state index contributed by atoms with van der Waals surface area (Å²) >= 11 is 1.46. The molecule has 9 heteroatoms. The van der Waals surface area contributed by atoms with Crippen molar-refractivity contribution in [1.29, 1.82) is 0 Å². The largest absolute Gasteiger partial charge is 0.462 e. The zero-order chi connectivity index (χ0) is 14.3. The molecule has 0 aliphatic heterocycles. The Labute approximate surface area is 111 Å². The van der Waals surface area contributed by atoms with E-state index in [1.807, 2.05) is 6.92 Å². The first-order valence-electron chi connectivity index (χ1n) is 5.09. The molecule has 0 bridgehead atoms. The molecule has 0 aliphatic carbocycles. The van der Waals surface area contributed by atoms with Crippen LogP contribution in [-0.2, 0) is 25.6 Å². The molecule has 1 aromatic rings. The van der Waals surface area contributed by atoms with E-state index in [0.29, 0.717) is 12.5 Å². The maximum absolute atomic E-state index is 11.1. The smallest absolute Gasteiger partial charge is 0.330 e. The van der Waals surface area contributed by atoms with Crippen LogP contribution in [0.3, 0.4) is 0 Å². The fourth-order valence-electron chi connectivity index (χ4n) is 1.10. The van der Waals surface area contributed by atoms with E-state index >= 15 is 0 Å². The summed E-state index contributed by atoms with van der Waals surface area (Å²) in [6.45, 7) is 1.98. The highest BCUT2D eigenvalue weighted by Crippen LogP contribution is 2.12. The second-order valence-corrected chi connectivity index (χ2v) is 4.19. The first kappa shape index (κ1) is 14.8. The Morgan fingerprint density at radius 3 is 2.74 bits per heavy atom. The van der Waals surface area contributed by atoms with E-state index in [2.05, 4.69) is 9.82 Å². The number of hydrogen-bond donors (Lipinski definition) is 0. The van der Waals surface area contributed by atoms with Crippen molar-refractivity contribution in [3.05, 3.63) is 38.3 Å². The summed E-state index contributed by atoms with van der Waals surface area (Å²) in [7, 11) is 0. The van der Waals surface area contributed by atoms with Gasteiger partial charge in [-0.3, -0.25) is 4.79 Å². The van der Waals surface area contributed by atoms with Gasteiger partial charge in [0.15, 0.2) is 0 Å². The molecular weight excluding hydrogens is 276 g/mol. The zero-order valence-corrected chi connectivity index (χ0v) is 10.7. The zero-order valence-electron chi connectivity index (χ0n) is 9.90. The van der Waals surface area contributed by atoms with Crippen LogP contribution in [0.5, 0.6) is 0 Å². The van der Waals surface area contributed by atoms with Crippen molar-refractivity contribution in [1.82, 2.24) is 4.98 Å². The Kier molecular flexibility index (Phi) is 5.61. The van der Waals surface area contributed by atoms with Crippen LogP contribution in [-0.4, -0.2) is 28.6 Å². The molecule has 1 aromatic heterocycles. The molecular formula is C10H10N2O6S. The molecule has 102 valence electrons. The number of rotatable bonds is 6. The van der Waals surface area contributed by atoms with E-state index < -0.39 is 17.0 Å². The van der Waals surface area contributed by atoms with Crippen LogP contribution in [0.15, 0.2) is 17.7 Å². The van der Waals surface area contributed by atoms with Gasteiger partial charge in [0.05, 0.1) is 17.8 Å². The summed E-state index contributed by atoms with van der Waals surface area (Å²) in [5.74, 6) is -2.03. The highest BCUT2D eigenvalue weighted by atomic mass is 32.1. The molecule has 1 rings (SSSR count). The monoisotopic (exact) mass is 286 g/mol. The van der Waals surface area contributed by atoms with Crippen molar-refractivity contribution < 1.29 is 24.3 Å². The van der Waals surface area contributed by atoms with E-state index in [1.54, 1.807) is 5.51 Å². The highest BCUT2D eigenvalue weighted by molar-refractivity contribution is 7.09. The van der Waals surface area contributed by atoms with Crippen LogP contribution < -0.4 is 0 Å². The van der Waals surface area contributed by atoms with Crippen LogP contribution in [0.2, 0.25) is 0 Å². The lowest BCUT2D eigenvalue weighted by Gasteiger charge is -2.00. The molecule has 0 saturated heterocycles. The minimum absolute atomic E-state index is 0.135. The maximum Gasteiger partial charge on any atom is 0.330 e. The Morgan fingerprint density at radius 1 is 1.47 bits per heavy atom. The number of hydrogen-bond acceptors (Lipinski definition) is 8. The minimum Gasteiger partial charge on any atom is -0.462 e. The van der Waals surface area contributed by atoms with Crippen LogP contribution in [0.1, 0.15) is 10.6 Å². The van der Waals surface area contributed by atoms with E-state index in [-0.39, 0.29) is 6.61 Å². The van der Waals surface area contributed by atoms with Crippen LogP contribution in [0.25, 0.3) is 0 Å².